The molecule has 0 saturated carbocycles. The van der Waals surface area contributed by atoms with Crippen LogP contribution in [0.5, 0.6) is 11.5 Å². The Bertz CT molecular complexity index is 2120. The number of hydrogen-bond donors (Lipinski definition) is 0. The van der Waals surface area contributed by atoms with Crippen LogP contribution < -0.4 is 4.74 Å². The maximum absolute atomic E-state index is 6.55. The van der Waals surface area contributed by atoms with Crippen LogP contribution in [0, 0.1) is 0 Å². The average Bonchev–Trinajstić information content (AvgIpc) is 3.69. The number of aromatic nitrogens is 3. The van der Waals surface area contributed by atoms with Crippen LogP contribution in [0.15, 0.2) is 144 Å². The quantitative estimate of drug-likeness (QED) is 0.219. The first-order valence-electron chi connectivity index (χ1n) is 14.3. The van der Waals surface area contributed by atoms with E-state index in [1.807, 2.05) is 48.5 Å². The summed E-state index contributed by atoms with van der Waals surface area (Å²) in [6.07, 6.45) is 1.79. The lowest BCUT2D eigenvalue weighted by molar-refractivity contribution is 0.436. The van der Waals surface area contributed by atoms with Gasteiger partial charge in [-0.2, -0.15) is 0 Å². The molecule has 0 unspecified atom stereocenters. The van der Waals surface area contributed by atoms with Crippen molar-refractivity contribution in [2.24, 2.45) is 0 Å². The van der Waals surface area contributed by atoms with Crippen molar-refractivity contribution in [3.05, 3.63) is 162 Å². The van der Waals surface area contributed by atoms with Gasteiger partial charge in [-0.15, -0.1) is 10.2 Å². The molecule has 0 amide bonds. The number of para-hydroxylation sites is 1. The van der Waals surface area contributed by atoms with Crippen LogP contribution in [0.4, 0.5) is 0 Å². The van der Waals surface area contributed by atoms with Crippen LogP contribution in [-0.4, -0.2) is 15.2 Å². The summed E-state index contributed by atoms with van der Waals surface area (Å²) >= 11 is 0. The van der Waals surface area contributed by atoms with Crippen LogP contribution in [0.25, 0.3) is 45.3 Å². The number of ether oxygens (including phenoxy) is 1. The van der Waals surface area contributed by atoms with E-state index in [2.05, 4.69) is 95.1 Å². The summed E-state index contributed by atoms with van der Waals surface area (Å²) < 4.78 is 12.5. The van der Waals surface area contributed by atoms with Gasteiger partial charge < -0.3 is 9.15 Å². The third-order valence-electron chi connectivity index (χ3n) is 8.60. The van der Waals surface area contributed by atoms with Crippen LogP contribution in [0.1, 0.15) is 22.3 Å². The molecule has 0 bridgehead atoms. The van der Waals surface area contributed by atoms with Crippen molar-refractivity contribution < 1.29 is 9.15 Å². The topological polar surface area (TPSA) is 61.0 Å². The first-order valence-corrected chi connectivity index (χ1v) is 14.3. The Hall–Kier alpha value is -5.81. The lowest BCUT2D eigenvalue weighted by Gasteiger charge is -2.39. The Labute approximate surface area is 248 Å². The molecular weight excluding hydrogens is 530 g/mol. The van der Waals surface area contributed by atoms with Gasteiger partial charge in [-0.05, 0) is 70.8 Å². The van der Waals surface area contributed by atoms with Gasteiger partial charge in [0.2, 0.25) is 11.8 Å². The van der Waals surface area contributed by atoms with Crippen molar-refractivity contribution in [3.63, 3.8) is 0 Å². The fraction of sp³-hybridized carbons (Fsp3) is 0.0263. The molecule has 0 fully saturated rings. The van der Waals surface area contributed by atoms with E-state index in [1.165, 1.54) is 22.3 Å². The van der Waals surface area contributed by atoms with E-state index in [4.69, 9.17) is 14.1 Å². The lowest BCUT2D eigenvalue weighted by atomic mass is 9.66. The van der Waals surface area contributed by atoms with E-state index in [0.29, 0.717) is 11.8 Å². The van der Waals surface area contributed by atoms with E-state index in [9.17, 15) is 0 Å². The van der Waals surface area contributed by atoms with Crippen molar-refractivity contribution in [1.82, 2.24) is 15.2 Å². The summed E-state index contributed by atoms with van der Waals surface area (Å²) in [6, 6.07) is 46.0. The second-order valence-electron chi connectivity index (χ2n) is 10.9. The SMILES string of the molecule is c1ccc(-c2nnc(-c3ccc(-c4ccc5c(c4)C4(c6ccccc6O5)c5ccccc5-c5ccccc54)nc3)o2)cc1. The minimum atomic E-state index is -0.509. The predicted molar refractivity (Wildman–Crippen MR) is 166 cm³/mol. The first-order chi connectivity index (χ1) is 21.3. The highest BCUT2D eigenvalue weighted by Gasteiger charge is 2.50. The molecule has 0 N–H and O–H groups in total. The summed E-state index contributed by atoms with van der Waals surface area (Å²) in [5, 5.41) is 8.49. The zero-order valence-corrected chi connectivity index (χ0v) is 22.9. The maximum atomic E-state index is 6.55. The van der Waals surface area contributed by atoms with E-state index >= 15 is 0 Å². The van der Waals surface area contributed by atoms with Crippen molar-refractivity contribution in [2.75, 3.05) is 0 Å². The van der Waals surface area contributed by atoms with Gasteiger partial charge in [0.15, 0.2) is 0 Å². The Balaban J connectivity index is 1.18. The third-order valence-corrected chi connectivity index (χ3v) is 8.60. The van der Waals surface area contributed by atoms with Crippen molar-refractivity contribution in [2.45, 2.75) is 5.41 Å². The van der Waals surface area contributed by atoms with Gasteiger partial charge in [0.05, 0.1) is 16.7 Å². The molecule has 1 aliphatic heterocycles. The molecule has 0 saturated heterocycles. The van der Waals surface area contributed by atoms with Gasteiger partial charge in [-0.1, -0.05) is 84.9 Å². The van der Waals surface area contributed by atoms with Crippen LogP contribution in [-0.2, 0) is 5.41 Å². The lowest BCUT2D eigenvalue weighted by Crippen LogP contribution is -2.32. The minimum Gasteiger partial charge on any atom is -0.457 e. The van der Waals surface area contributed by atoms with E-state index < -0.39 is 5.41 Å². The van der Waals surface area contributed by atoms with Crippen molar-refractivity contribution >= 4 is 0 Å². The average molecular weight is 554 g/mol. The Morgan fingerprint density at radius 3 is 1.79 bits per heavy atom. The van der Waals surface area contributed by atoms with Gasteiger partial charge in [0, 0.05) is 28.5 Å². The molecule has 43 heavy (non-hydrogen) atoms. The highest BCUT2D eigenvalue weighted by atomic mass is 16.5. The standard InChI is InChI=1S/C38H23N3O2/c1-2-10-24(11-3-1)36-40-41-37(43-36)26-18-20-33(39-23-26)25-19-21-35-32(22-25)38(31-16-8-9-17-34(31)42-35)29-14-6-4-12-27(29)28-13-5-7-15-30(28)38/h1-23H. The Morgan fingerprint density at radius 2 is 1.07 bits per heavy atom. The Kier molecular flexibility index (Phi) is 5.05. The highest BCUT2D eigenvalue weighted by Crippen LogP contribution is 2.62. The fourth-order valence-corrected chi connectivity index (χ4v) is 6.74. The van der Waals surface area contributed by atoms with Crippen LogP contribution in [0.2, 0.25) is 0 Å². The molecule has 7 aromatic rings. The molecule has 0 radical (unpaired) electrons. The van der Waals surface area contributed by atoms with E-state index in [1.54, 1.807) is 6.20 Å². The zero-order valence-electron chi connectivity index (χ0n) is 22.9. The van der Waals surface area contributed by atoms with Gasteiger partial charge in [0.1, 0.15) is 11.5 Å². The molecule has 2 aliphatic rings. The predicted octanol–water partition coefficient (Wildman–Crippen LogP) is 8.93. The number of rotatable bonds is 3. The molecule has 1 spiro atoms. The van der Waals surface area contributed by atoms with Gasteiger partial charge in [-0.3, -0.25) is 4.98 Å². The van der Waals surface area contributed by atoms with E-state index in [0.717, 1.165) is 45.0 Å². The molecule has 5 nitrogen and oxygen atoms in total. The molecular formula is C38H23N3O2. The minimum absolute atomic E-state index is 0.437. The largest absolute Gasteiger partial charge is 0.457 e. The summed E-state index contributed by atoms with van der Waals surface area (Å²) in [5.74, 6) is 2.65. The number of fused-ring (bicyclic) bond motifs is 9. The third kappa shape index (κ3) is 3.42. The van der Waals surface area contributed by atoms with Crippen molar-refractivity contribution in [1.29, 1.82) is 0 Å². The fourth-order valence-electron chi connectivity index (χ4n) is 6.74. The summed E-state index contributed by atoms with van der Waals surface area (Å²) in [5.41, 5.74) is 10.3. The molecule has 5 heteroatoms. The normalized spacial score (nSPS) is 13.5. The first kappa shape index (κ1) is 23.9. The second kappa shape index (κ2) is 9.10. The summed E-state index contributed by atoms with van der Waals surface area (Å²) in [4.78, 5) is 4.84. The van der Waals surface area contributed by atoms with E-state index in [-0.39, 0.29) is 0 Å². The number of hydrogen-bond acceptors (Lipinski definition) is 5. The Morgan fingerprint density at radius 1 is 0.465 bits per heavy atom. The monoisotopic (exact) mass is 553 g/mol. The zero-order chi connectivity index (χ0) is 28.4. The van der Waals surface area contributed by atoms with Gasteiger partial charge >= 0.3 is 0 Å². The molecule has 1 aliphatic carbocycles. The number of nitrogens with zero attached hydrogens (tertiary/aromatic N) is 3. The summed E-state index contributed by atoms with van der Waals surface area (Å²) in [7, 11) is 0. The van der Waals surface area contributed by atoms with Crippen molar-refractivity contribution in [3.8, 4) is 56.8 Å². The molecule has 9 rings (SSSR count). The maximum Gasteiger partial charge on any atom is 0.249 e. The second-order valence-corrected chi connectivity index (χ2v) is 10.9. The number of pyridine rings is 1. The summed E-state index contributed by atoms with van der Waals surface area (Å²) in [6.45, 7) is 0. The van der Waals surface area contributed by atoms with Crippen LogP contribution in [0.3, 0.4) is 0 Å². The molecule has 2 aromatic heterocycles. The molecule has 3 heterocycles. The van der Waals surface area contributed by atoms with Gasteiger partial charge in [0.25, 0.3) is 0 Å². The number of benzene rings is 5. The van der Waals surface area contributed by atoms with Crippen LogP contribution >= 0.6 is 0 Å². The smallest absolute Gasteiger partial charge is 0.249 e. The molecule has 5 aromatic carbocycles. The highest BCUT2D eigenvalue weighted by molar-refractivity contribution is 5.89. The van der Waals surface area contributed by atoms with Gasteiger partial charge in [-0.25, -0.2) is 0 Å². The molecule has 0 atom stereocenters. The molecule has 202 valence electrons.